The minimum Gasteiger partial charge on any atom is -0.345 e. The van der Waals surface area contributed by atoms with Gasteiger partial charge in [0, 0.05) is 18.6 Å². The first-order valence-electron chi connectivity index (χ1n) is 14.2. The van der Waals surface area contributed by atoms with Gasteiger partial charge >= 0.3 is 0 Å². The Hall–Kier alpha value is -3.57. The van der Waals surface area contributed by atoms with Crippen molar-refractivity contribution in [1.29, 1.82) is 0 Å². The molecule has 1 aliphatic heterocycles. The van der Waals surface area contributed by atoms with Crippen molar-refractivity contribution >= 4 is 23.3 Å². The number of rotatable bonds is 8. The third kappa shape index (κ3) is 4.92. The summed E-state index contributed by atoms with van der Waals surface area (Å²) < 4.78 is 2.07. The van der Waals surface area contributed by atoms with E-state index in [1.807, 2.05) is 42.3 Å². The van der Waals surface area contributed by atoms with Crippen molar-refractivity contribution in [2.24, 2.45) is 0 Å². The lowest BCUT2D eigenvalue weighted by Gasteiger charge is -2.46. The molecule has 4 aromatic rings. The SMILES string of the molecule is CCC(CC)(c1ccc(Cl)cc1)N(C)C(=O)c1cnn2c1N(Cc1ccccc1)C(c1ccccc1)CC2(C)C. The molecule has 1 atom stereocenters. The van der Waals surface area contributed by atoms with Crippen LogP contribution in [0.3, 0.4) is 0 Å². The van der Waals surface area contributed by atoms with Gasteiger partial charge in [0.25, 0.3) is 5.91 Å². The zero-order valence-electron chi connectivity index (χ0n) is 24.1. The van der Waals surface area contributed by atoms with Crippen LogP contribution in [0.25, 0.3) is 0 Å². The zero-order chi connectivity index (χ0) is 28.5. The minimum absolute atomic E-state index is 0.0255. The molecule has 0 fully saturated rings. The lowest BCUT2D eigenvalue weighted by atomic mass is 9.82. The van der Waals surface area contributed by atoms with Crippen LogP contribution >= 0.6 is 11.6 Å². The van der Waals surface area contributed by atoms with Crippen LogP contribution in [0.2, 0.25) is 5.02 Å². The highest BCUT2D eigenvalue weighted by Crippen LogP contribution is 2.46. The summed E-state index contributed by atoms with van der Waals surface area (Å²) in [7, 11) is 1.93. The van der Waals surface area contributed by atoms with Crippen LogP contribution in [0.5, 0.6) is 0 Å². The highest BCUT2D eigenvalue weighted by Gasteiger charge is 2.44. The van der Waals surface area contributed by atoms with E-state index < -0.39 is 5.54 Å². The van der Waals surface area contributed by atoms with E-state index in [4.69, 9.17) is 16.7 Å². The monoisotopic (exact) mass is 554 g/mol. The second kappa shape index (κ2) is 11.1. The number of benzene rings is 3. The maximum absolute atomic E-state index is 14.6. The normalized spacial score (nSPS) is 16.4. The topological polar surface area (TPSA) is 41.4 Å². The van der Waals surface area contributed by atoms with E-state index in [0.29, 0.717) is 17.1 Å². The van der Waals surface area contributed by atoms with Gasteiger partial charge in [0.15, 0.2) is 0 Å². The number of hydrogen-bond acceptors (Lipinski definition) is 3. The van der Waals surface area contributed by atoms with E-state index in [2.05, 4.69) is 91.9 Å². The van der Waals surface area contributed by atoms with Gasteiger partial charge in [-0.2, -0.15) is 5.10 Å². The summed E-state index contributed by atoms with van der Waals surface area (Å²) in [4.78, 5) is 18.9. The predicted octanol–water partition coefficient (Wildman–Crippen LogP) is 8.21. The van der Waals surface area contributed by atoms with Gasteiger partial charge in [0.05, 0.1) is 23.3 Å². The molecule has 6 heteroatoms. The van der Waals surface area contributed by atoms with Gasteiger partial charge in [-0.3, -0.25) is 4.79 Å². The number of carbonyl (C=O) groups is 1. The van der Waals surface area contributed by atoms with Crippen LogP contribution in [0.4, 0.5) is 5.82 Å². The lowest BCUT2D eigenvalue weighted by molar-refractivity contribution is 0.0522. The Balaban J connectivity index is 1.63. The van der Waals surface area contributed by atoms with Crippen molar-refractivity contribution in [3.63, 3.8) is 0 Å². The van der Waals surface area contributed by atoms with Gasteiger partial charge in [-0.25, -0.2) is 4.68 Å². The molecule has 0 bridgehead atoms. The average Bonchev–Trinajstić information content (AvgIpc) is 3.43. The van der Waals surface area contributed by atoms with Crippen LogP contribution < -0.4 is 4.90 Å². The Morgan fingerprint density at radius 1 is 0.975 bits per heavy atom. The van der Waals surface area contributed by atoms with E-state index in [9.17, 15) is 4.79 Å². The fraction of sp³-hybridized carbons (Fsp3) is 0.353. The van der Waals surface area contributed by atoms with Crippen molar-refractivity contribution in [3.8, 4) is 0 Å². The number of fused-ring (bicyclic) bond motifs is 1. The molecule has 0 saturated carbocycles. The molecule has 0 saturated heterocycles. The summed E-state index contributed by atoms with van der Waals surface area (Å²) in [5.74, 6) is 0.852. The molecule has 2 heterocycles. The van der Waals surface area contributed by atoms with Crippen LogP contribution in [0.15, 0.2) is 91.1 Å². The number of anilines is 1. The van der Waals surface area contributed by atoms with Gasteiger partial charge in [-0.15, -0.1) is 0 Å². The predicted molar refractivity (Wildman–Crippen MR) is 164 cm³/mol. The highest BCUT2D eigenvalue weighted by molar-refractivity contribution is 6.30. The quantitative estimate of drug-likeness (QED) is 0.220. The number of aromatic nitrogens is 2. The molecule has 208 valence electrons. The van der Waals surface area contributed by atoms with E-state index in [1.54, 1.807) is 6.20 Å². The maximum Gasteiger partial charge on any atom is 0.259 e. The number of nitrogens with zero attached hydrogens (tertiary/aromatic N) is 4. The average molecular weight is 555 g/mol. The Morgan fingerprint density at radius 2 is 1.57 bits per heavy atom. The standard InChI is InChI=1S/C34H39ClN4O/c1-6-34(7-2,27-18-20-28(35)21-19-27)37(5)32(40)29-23-36-39-31(29)38(24-25-14-10-8-11-15-25)30(22-33(39,3)4)26-16-12-9-13-17-26/h8-21,23,30H,6-7,22,24H2,1-5H3. The fourth-order valence-electron chi connectivity index (χ4n) is 6.43. The Labute approximate surface area is 243 Å². The molecule has 0 spiro atoms. The molecule has 1 aromatic heterocycles. The summed E-state index contributed by atoms with van der Waals surface area (Å²) in [6.07, 6.45) is 4.21. The first-order chi connectivity index (χ1) is 19.2. The summed E-state index contributed by atoms with van der Waals surface area (Å²) >= 11 is 6.23. The van der Waals surface area contributed by atoms with Gasteiger partial charge in [-0.1, -0.05) is 98.2 Å². The van der Waals surface area contributed by atoms with Crippen LogP contribution in [-0.2, 0) is 17.6 Å². The summed E-state index contributed by atoms with van der Waals surface area (Å²) in [6, 6.07) is 29.1. The van der Waals surface area contributed by atoms with Crippen molar-refractivity contribution in [2.75, 3.05) is 11.9 Å². The molecule has 5 nitrogen and oxygen atoms in total. The smallest absolute Gasteiger partial charge is 0.259 e. The molecule has 0 radical (unpaired) electrons. The van der Waals surface area contributed by atoms with Gasteiger partial charge < -0.3 is 9.80 Å². The largest absolute Gasteiger partial charge is 0.345 e. The molecular weight excluding hydrogens is 516 g/mol. The van der Waals surface area contributed by atoms with E-state index >= 15 is 0 Å². The van der Waals surface area contributed by atoms with Gasteiger partial charge in [-0.05, 0) is 61.9 Å². The number of carbonyl (C=O) groups excluding carboxylic acids is 1. The third-order valence-electron chi connectivity index (χ3n) is 8.77. The second-order valence-corrected chi connectivity index (χ2v) is 11.9. The lowest BCUT2D eigenvalue weighted by Crippen LogP contribution is -2.48. The molecule has 1 unspecified atom stereocenters. The van der Waals surface area contributed by atoms with Crippen LogP contribution in [0.1, 0.15) is 80.0 Å². The van der Waals surface area contributed by atoms with E-state index in [-0.39, 0.29) is 17.5 Å². The second-order valence-electron chi connectivity index (χ2n) is 11.5. The third-order valence-corrected chi connectivity index (χ3v) is 9.02. The molecule has 1 amide bonds. The Bertz CT molecular complexity index is 1440. The van der Waals surface area contributed by atoms with Crippen LogP contribution in [0, 0.1) is 0 Å². The summed E-state index contributed by atoms with van der Waals surface area (Å²) in [5, 5.41) is 5.55. The van der Waals surface area contributed by atoms with Gasteiger partial charge in [0.2, 0.25) is 0 Å². The molecule has 1 aliphatic rings. The Kier molecular flexibility index (Phi) is 7.78. The number of amides is 1. The van der Waals surface area contributed by atoms with Crippen LogP contribution in [-0.4, -0.2) is 27.6 Å². The van der Waals surface area contributed by atoms with Gasteiger partial charge in [0.1, 0.15) is 11.4 Å². The Morgan fingerprint density at radius 3 is 2.17 bits per heavy atom. The molecule has 0 N–H and O–H groups in total. The minimum atomic E-state index is -0.468. The van der Waals surface area contributed by atoms with E-state index in [1.165, 1.54) is 11.1 Å². The van der Waals surface area contributed by atoms with Crippen molar-refractivity contribution in [2.45, 2.75) is 70.6 Å². The molecule has 3 aromatic carbocycles. The van der Waals surface area contributed by atoms with Crippen molar-refractivity contribution in [3.05, 3.63) is 118 Å². The number of halogens is 1. The molecule has 40 heavy (non-hydrogen) atoms. The fourth-order valence-corrected chi connectivity index (χ4v) is 6.56. The van der Waals surface area contributed by atoms with E-state index in [0.717, 1.165) is 30.6 Å². The van der Waals surface area contributed by atoms with Crippen molar-refractivity contribution < 1.29 is 4.79 Å². The number of hydrogen-bond donors (Lipinski definition) is 0. The summed E-state index contributed by atoms with van der Waals surface area (Å²) in [5.41, 5.74) is 3.41. The highest BCUT2D eigenvalue weighted by atomic mass is 35.5. The molecule has 0 aliphatic carbocycles. The summed E-state index contributed by atoms with van der Waals surface area (Å²) in [6.45, 7) is 9.40. The first-order valence-corrected chi connectivity index (χ1v) is 14.6. The maximum atomic E-state index is 14.6. The molecular formula is C34H39ClN4O. The first kappa shape index (κ1) is 28.0. The van der Waals surface area contributed by atoms with Crippen molar-refractivity contribution in [1.82, 2.24) is 14.7 Å². The molecule has 5 rings (SSSR count). The zero-order valence-corrected chi connectivity index (χ0v) is 24.9.